The summed E-state index contributed by atoms with van der Waals surface area (Å²) in [4.78, 5) is 38.9. The maximum absolute atomic E-state index is 12.6. The minimum absolute atomic E-state index is 0.00739. The van der Waals surface area contributed by atoms with Crippen LogP contribution in [0.4, 0.5) is 0 Å². The van der Waals surface area contributed by atoms with Crippen LogP contribution in [-0.4, -0.2) is 51.3 Å². The number of nitrogens with zero attached hydrogens (tertiary/aromatic N) is 4. The lowest BCUT2D eigenvalue weighted by atomic mass is 9.97. The molecule has 3 rings (SSSR count). The molecule has 1 unspecified atom stereocenters. The van der Waals surface area contributed by atoms with E-state index in [-0.39, 0.29) is 29.8 Å². The van der Waals surface area contributed by atoms with E-state index in [0.29, 0.717) is 30.5 Å². The number of hydrogen-bond donors (Lipinski definition) is 1. The highest BCUT2D eigenvalue weighted by molar-refractivity contribution is 5.81. The van der Waals surface area contributed by atoms with Gasteiger partial charge in [-0.25, -0.2) is 4.68 Å². The van der Waals surface area contributed by atoms with Crippen molar-refractivity contribution in [3.63, 3.8) is 0 Å². The largest absolute Gasteiger partial charge is 0.356 e. The molecule has 2 aromatic rings. The molecule has 2 amide bonds. The van der Waals surface area contributed by atoms with Crippen molar-refractivity contribution >= 4 is 22.7 Å². The van der Waals surface area contributed by atoms with Crippen LogP contribution >= 0.6 is 0 Å². The standard InChI is InChI=1S/C18H23N5O3/c1-2-9-19-17(25)13-6-5-10-22(11-13)16(24)12-23-18(26)14-7-3-4-8-15(14)20-21-23/h3-4,7-8,13H,2,5-6,9-12H2,1H3,(H,19,25). The zero-order valence-corrected chi connectivity index (χ0v) is 14.9. The normalized spacial score (nSPS) is 17.3. The number of carbonyl (C=O) groups excluding carboxylic acids is 2. The van der Waals surface area contributed by atoms with Crippen LogP contribution in [0.15, 0.2) is 29.1 Å². The summed E-state index contributed by atoms with van der Waals surface area (Å²) in [7, 11) is 0. The molecule has 0 aliphatic carbocycles. The molecule has 1 N–H and O–H groups in total. The summed E-state index contributed by atoms with van der Waals surface area (Å²) in [5.74, 6) is -0.421. The number of rotatable bonds is 5. The van der Waals surface area contributed by atoms with E-state index >= 15 is 0 Å². The Kier molecular flexibility index (Phi) is 5.60. The molecule has 0 bridgehead atoms. The summed E-state index contributed by atoms with van der Waals surface area (Å²) in [5, 5.41) is 11.2. The van der Waals surface area contributed by atoms with Gasteiger partial charge in [-0.3, -0.25) is 14.4 Å². The fraction of sp³-hybridized carbons (Fsp3) is 0.500. The molecule has 1 saturated heterocycles. The van der Waals surface area contributed by atoms with Crippen molar-refractivity contribution in [2.45, 2.75) is 32.7 Å². The summed E-state index contributed by atoms with van der Waals surface area (Å²) >= 11 is 0. The highest BCUT2D eigenvalue weighted by Gasteiger charge is 2.28. The molecule has 138 valence electrons. The molecule has 1 aliphatic heterocycles. The molecule has 1 atom stereocenters. The second-order valence-electron chi connectivity index (χ2n) is 6.54. The Morgan fingerprint density at radius 3 is 2.92 bits per heavy atom. The molecular formula is C18H23N5O3. The average molecular weight is 357 g/mol. The number of nitrogens with one attached hydrogen (secondary N) is 1. The first-order valence-corrected chi connectivity index (χ1v) is 8.98. The van der Waals surface area contributed by atoms with Gasteiger partial charge in [0, 0.05) is 19.6 Å². The van der Waals surface area contributed by atoms with Gasteiger partial charge < -0.3 is 10.2 Å². The van der Waals surface area contributed by atoms with Crippen LogP contribution in [0.3, 0.4) is 0 Å². The fourth-order valence-electron chi connectivity index (χ4n) is 3.17. The monoisotopic (exact) mass is 357 g/mol. The van der Waals surface area contributed by atoms with Crippen LogP contribution in [0.25, 0.3) is 10.9 Å². The molecule has 8 heteroatoms. The first-order valence-electron chi connectivity index (χ1n) is 8.98. The number of fused-ring (bicyclic) bond motifs is 1. The van der Waals surface area contributed by atoms with Crippen molar-refractivity contribution in [1.82, 2.24) is 25.2 Å². The van der Waals surface area contributed by atoms with Crippen LogP contribution in [0, 0.1) is 5.92 Å². The Morgan fingerprint density at radius 1 is 1.31 bits per heavy atom. The summed E-state index contributed by atoms with van der Waals surface area (Å²) in [6, 6.07) is 6.91. The fourth-order valence-corrected chi connectivity index (χ4v) is 3.17. The van der Waals surface area contributed by atoms with Crippen molar-refractivity contribution in [3.05, 3.63) is 34.6 Å². The average Bonchev–Trinajstić information content (AvgIpc) is 2.68. The number of benzene rings is 1. The van der Waals surface area contributed by atoms with Crippen LogP contribution in [-0.2, 0) is 16.1 Å². The van der Waals surface area contributed by atoms with Crippen molar-refractivity contribution in [2.75, 3.05) is 19.6 Å². The molecule has 0 radical (unpaired) electrons. The summed E-state index contributed by atoms with van der Waals surface area (Å²) in [5.41, 5.74) is 0.171. The van der Waals surface area contributed by atoms with E-state index in [2.05, 4.69) is 15.6 Å². The molecule has 26 heavy (non-hydrogen) atoms. The van der Waals surface area contributed by atoms with Crippen LogP contribution in [0.5, 0.6) is 0 Å². The van der Waals surface area contributed by atoms with Crippen molar-refractivity contribution in [1.29, 1.82) is 0 Å². The van der Waals surface area contributed by atoms with Crippen LogP contribution in [0.2, 0.25) is 0 Å². The highest BCUT2D eigenvalue weighted by Crippen LogP contribution is 2.17. The van der Waals surface area contributed by atoms with E-state index in [9.17, 15) is 14.4 Å². The Morgan fingerprint density at radius 2 is 2.12 bits per heavy atom. The van der Waals surface area contributed by atoms with Gasteiger partial charge in [-0.05, 0) is 31.4 Å². The molecule has 1 aliphatic rings. The van der Waals surface area contributed by atoms with E-state index in [0.717, 1.165) is 23.9 Å². The minimum atomic E-state index is -0.335. The highest BCUT2D eigenvalue weighted by atomic mass is 16.2. The van der Waals surface area contributed by atoms with E-state index in [1.807, 2.05) is 6.92 Å². The molecule has 0 saturated carbocycles. The Balaban J connectivity index is 1.69. The van der Waals surface area contributed by atoms with Gasteiger partial charge in [0.1, 0.15) is 12.1 Å². The van der Waals surface area contributed by atoms with E-state index in [4.69, 9.17) is 0 Å². The van der Waals surface area contributed by atoms with Crippen LogP contribution in [0.1, 0.15) is 26.2 Å². The van der Waals surface area contributed by atoms with Crippen LogP contribution < -0.4 is 10.9 Å². The molecule has 0 spiro atoms. The van der Waals surface area contributed by atoms with Gasteiger partial charge >= 0.3 is 0 Å². The lowest BCUT2D eigenvalue weighted by molar-refractivity contribution is -0.136. The van der Waals surface area contributed by atoms with Crippen molar-refractivity contribution in [2.24, 2.45) is 5.92 Å². The molecular weight excluding hydrogens is 334 g/mol. The molecule has 2 heterocycles. The summed E-state index contributed by atoms with van der Waals surface area (Å²) in [6.45, 7) is 3.45. The SMILES string of the molecule is CCCNC(=O)C1CCCN(C(=O)Cn2nnc3ccccc3c2=O)C1. The third-order valence-electron chi connectivity index (χ3n) is 4.61. The van der Waals surface area contributed by atoms with Crippen molar-refractivity contribution < 1.29 is 9.59 Å². The molecule has 8 nitrogen and oxygen atoms in total. The number of hydrogen-bond acceptors (Lipinski definition) is 5. The third kappa shape index (κ3) is 3.89. The maximum Gasteiger partial charge on any atom is 0.278 e. The summed E-state index contributed by atoms with van der Waals surface area (Å²) in [6.07, 6.45) is 2.42. The Hall–Kier alpha value is -2.77. The smallest absolute Gasteiger partial charge is 0.278 e. The second-order valence-corrected chi connectivity index (χ2v) is 6.54. The Bertz CT molecular complexity index is 863. The van der Waals surface area contributed by atoms with Gasteiger partial charge in [0.25, 0.3) is 5.56 Å². The summed E-state index contributed by atoms with van der Waals surface area (Å²) < 4.78 is 1.09. The van der Waals surface area contributed by atoms with Gasteiger partial charge in [-0.1, -0.05) is 24.3 Å². The topological polar surface area (TPSA) is 97.2 Å². The lowest BCUT2D eigenvalue weighted by Gasteiger charge is -2.32. The zero-order valence-electron chi connectivity index (χ0n) is 14.9. The quantitative estimate of drug-likeness (QED) is 0.843. The maximum atomic E-state index is 12.6. The first-order chi connectivity index (χ1) is 12.6. The molecule has 1 aromatic carbocycles. The number of piperidine rings is 1. The second kappa shape index (κ2) is 8.07. The van der Waals surface area contributed by atoms with Gasteiger partial charge in [0.05, 0.1) is 11.3 Å². The minimum Gasteiger partial charge on any atom is -0.356 e. The van der Waals surface area contributed by atoms with Crippen molar-refractivity contribution in [3.8, 4) is 0 Å². The van der Waals surface area contributed by atoms with Gasteiger partial charge in [-0.15, -0.1) is 5.10 Å². The number of likely N-dealkylation sites (tertiary alicyclic amines) is 1. The lowest BCUT2D eigenvalue weighted by Crippen LogP contribution is -2.47. The number of amides is 2. The predicted molar refractivity (Wildman–Crippen MR) is 96.4 cm³/mol. The van der Waals surface area contributed by atoms with E-state index < -0.39 is 0 Å². The van der Waals surface area contributed by atoms with E-state index in [1.165, 1.54) is 0 Å². The predicted octanol–water partition coefficient (Wildman–Crippen LogP) is 0.556. The zero-order chi connectivity index (χ0) is 18.5. The number of carbonyl (C=O) groups is 2. The molecule has 1 fully saturated rings. The molecule has 1 aromatic heterocycles. The third-order valence-corrected chi connectivity index (χ3v) is 4.61. The number of aromatic nitrogens is 3. The van der Waals surface area contributed by atoms with Gasteiger partial charge in [0.2, 0.25) is 11.8 Å². The van der Waals surface area contributed by atoms with E-state index in [1.54, 1.807) is 29.2 Å². The first kappa shape index (κ1) is 18.0. The Labute approximate surface area is 151 Å². The van der Waals surface area contributed by atoms with Gasteiger partial charge in [0.15, 0.2) is 0 Å². The van der Waals surface area contributed by atoms with Gasteiger partial charge in [-0.2, -0.15) is 0 Å².